The summed E-state index contributed by atoms with van der Waals surface area (Å²) in [5.74, 6) is 6.88. The van der Waals surface area contributed by atoms with Crippen LogP contribution in [0.3, 0.4) is 0 Å². The lowest BCUT2D eigenvalue weighted by Gasteiger charge is -2.27. The molecule has 1 aromatic carbocycles. The SMILES string of the molecule is COCCc1ccccc1OCC(O)CNC(C)(C)COc1ccc(NN)nn1. The Morgan fingerprint density at radius 1 is 1.14 bits per heavy atom. The van der Waals surface area contributed by atoms with Crippen LogP contribution in [0.5, 0.6) is 11.6 Å². The lowest BCUT2D eigenvalue weighted by atomic mass is 10.1. The number of aliphatic hydroxyl groups excluding tert-OH is 1. The van der Waals surface area contributed by atoms with Crippen molar-refractivity contribution in [2.24, 2.45) is 5.84 Å². The van der Waals surface area contributed by atoms with Gasteiger partial charge in [0, 0.05) is 25.3 Å². The number of hydrogen-bond donors (Lipinski definition) is 4. The van der Waals surface area contributed by atoms with Gasteiger partial charge in [-0.3, -0.25) is 0 Å². The number of methoxy groups -OCH3 is 1. The zero-order valence-corrected chi connectivity index (χ0v) is 17.2. The minimum atomic E-state index is -0.667. The fourth-order valence-corrected chi connectivity index (χ4v) is 2.48. The van der Waals surface area contributed by atoms with Crippen molar-refractivity contribution >= 4 is 5.82 Å². The number of ether oxygens (including phenoxy) is 3. The maximum atomic E-state index is 10.3. The maximum absolute atomic E-state index is 10.3. The predicted octanol–water partition coefficient (Wildman–Crippen LogP) is 1.14. The summed E-state index contributed by atoms with van der Waals surface area (Å²) in [6.45, 7) is 5.47. The van der Waals surface area contributed by atoms with E-state index in [0.717, 1.165) is 17.7 Å². The van der Waals surface area contributed by atoms with Crippen molar-refractivity contribution < 1.29 is 19.3 Å². The Bertz CT molecular complexity index is 727. The van der Waals surface area contributed by atoms with E-state index in [1.54, 1.807) is 19.2 Å². The summed E-state index contributed by atoms with van der Waals surface area (Å²) in [4.78, 5) is 0. The van der Waals surface area contributed by atoms with Crippen LogP contribution in [0.25, 0.3) is 0 Å². The Balaban J connectivity index is 1.75. The third-order valence-corrected chi connectivity index (χ3v) is 4.16. The van der Waals surface area contributed by atoms with E-state index >= 15 is 0 Å². The maximum Gasteiger partial charge on any atom is 0.233 e. The topological polar surface area (TPSA) is 124 Å². The minimum Gasteiger partial charge on any atom is -0.491 e. The fourth-order valence-electron chi connectivity index (χ4n) is 2.48. The molecule has 2 aromatic rings. The first-order valence-electron chi connectivity index (χ1n) is 9.49. The number of para-hydroxylation sites is 1. The quantitative estimate of drug-likeness (QED) is 0.287. The first-order valence-corrected chi connectivity index (χ1v) is 9.49. The van der Waals surface area contributed by atoms with Gasteiger partial charge in [-0.05, 0) is 38.0 Å². The van der Waals surface area contributed by atoms with Gasteiger partial charge >= 0.3 is 0 Å². The third-order valence-electron chi connectivity index (χ3n) is 4.16. The molecule has 0 amide bonds. The Hall–Kier alpha value is -2.46. The molecule has 9 nitrogen and oxygen atoms in total. The third kappa shape index (κ3) is 8.20. The van der Waals surface area contributed by atoms with E-state index in [0.29, 0.717) is 31.5 Å². The molecule has 0 aliphatic heterocycles. The number of nitrogens with zero attached hydrogens (tertiary/aromatic N) is 2. The predicted molar refractivity (Wildman–Crippen MR) is 111 cm³/mol. The second-order valence-corrected chi connectivity index (χ2v) is 7.27. The average molecular weight is 405 g/mol. The number of nitrogens with two attached hydrogens (primary N) is 1. The van der Waals surface area contributed by atoms with Crippen LogP contribution in [0.15, 0.2) is 36.4 Å². The summed E-state index contributed by atoms with van der Waals surface area (Å²) in [5, 5.41) is 21.3. The number of aromatic nitrogens is 2. The molecule has 29 heavy (non-hydrogen) atoms. The van der Waals surface area contributed by atoms with Crippen molar-refractivity contribution in [2.45, 2.75) is 31.9 Å². The summed E-state index contributed by atoms with van der Waals surface area (Å²) >= 11 is 0. The van der Waals surface area contributed by atoms with Crippen LogP contribution in [-0.4, -0.2) is 60.4 Å². The monoisotopic (exact) mass is 405 g/mol. The molecule has 5 N–H and O–H groups in total. The molecule has 9 heteroatoms. The van der Waals surface area contributed by atoms with Gasteiger partial charge in [-0.25, -0.2) is 5.84 Å². The van der Waals surface area contributed by atoms with Gasteiger partial charge in [0.2, 0.25) is 5.88 Å². The second-order valence-electron chi connectivity index (χ2n) is 7.27. The second kappa shape index (κ2) is 11.5. The molecular formula is C20H31N5O4. The lowest BCUT2D eigenvalue weighted by molar-refractivity contribution is 0.0916. The highest BCUT2D eigenvalue weighted by atomic mass is 16.5. The molecule has 0 saturated heterocycles. The molecule has 1 atom stereocenters. The van der Waals surface area contributed by atoms with Crippen LogP contribution in [-0.2, 0) is 11.2 Å². The number of nitrogen functional groups attached to an aromatic ring is 1. The van der Waals surface area contributed by atoms with Gasteiger partial charge in [0.25, 0.3) is 0 Å². The largest absolute Gasteiger partial charge is 0.491 e. The Labute approximate surface area is 171 Å². The average Bonchev–Trinajstić information content (AvgIpc) is 2.74. The molecule has 160 valence electrons. The Morgan fingerprint density at radius 2 is 1.93 bits per heavy atom. The fraction of sp³-hybridized carbons (Fsp3) is 0.500. The molecule has 0 aliphatic carbocycles. The van der Waals surface area contributed by atoms with Crippen LogP contribution < -0.4 is 26.1 Å². The van der Waals surface area contributed by atoms with Gasteiger partial charge in [-0.15, -0.1) is 10.2 Å². The first kappa shape index (κ1) is 22.8. The number of benzene rings is 1. The number of hydrogen-bond acceptors (Lipinski definition) is 9. The highest BCUT2D eigenvalue weighted by Crippen LogP contribution is 2.19. The van der Waals surface area contributed by atoms with E-state index in [2.05, 4.69) is 20.9 Å². The standard InChI is InChI=1S/C20H31N5O4/c1-20(2,14-29-19-9-8-18(23-21)24-25-19)22-12-16(26)13-28-17-7-5-4-6-15(17)10-11-27-3/h4-9,16,22,26H,10-14,21H2,1-3H3,(H,23,24). The number of aliphatic hydroxyl groups is 1. The van der Waals surface area contributed by atoms with E-state index < -0.39 is 6.10 Å². The van der Waals surface area contributed by atoms with E-state index in [1.165, 1.54) is 0 Å². The minimum absolute atomic E-state index is 0.187. The Kier molecular flexibility index (Phi) is 9.07. The molecule has 0 spiro atoms. The summed E-state index contributed by atoms with van der Waals surface area (Å²) < 4.78 is 16.6. The molecule has 0 saturated carbocycles. The van der Waals surface area contributed by atoms with Crippen molar-refractivity contribution in [1.82, 2.24) is 15.5 Å². The van der Waals surface area contributed by atoms with Crippen molar-refractivity contribution in [3.8, 4) is 11.6 Å². The molecule has 2 rings (SSSR count). The van der Waals surface area contributed by atoms with Gasteiger partial charge in [-0.1, -0.05) is 18.2 Å². The van der Waals surface area contributed by atoms with Gasteiger partial charge in [0.15, 0.2) is 5.82 Å². The summed E-state index contributed by atoms with van der Waals surface area (Å²) in [6.07, 6.45) is 0.0934. The number of anilines is 1. The Morgan fingerprint density at radius 3 is 2.62 bits per heavy atom. The van der Waals surface area contributed by atoms with E-state index in [4.69, 9.17) is 20.1 Å². The van der Waals surface area contributed by atoms with Crippen LogP contribution in [0.1, 0.15) is 19.4 Å². The van der Waals surface area contributed by atoms with Gasteiger partial charge in [0.05, 0.1) is 6.61 Å². The van der Waals surface area contributed by atoms with Crippen LogP contribution in [0.4, 0.5) is 5.82 Å². The van der Waals surface area contributed by atoms with E-state index in [1.807, 2.05) is 38.1 Å². The molecule has 0 radical (unpaired) electrons. The van der Waals surface area contributed by atoms with Gasteiger partial charge < -0.3 is 30.1 Å². The van der Waals surface area contributed by atoms with E-state index in [9.17, 15) is 5.11 Å². The molecule has 0 aliphatic rings. The molecular weight excluding hydrogens is 374 g/mol. The number of hydrazine groups is 1. The summed E-state index contributed by atoms with van der Waals surface area (Å²) in [5.41, 5.74) is 3.08. The zero-order valence-electron chi connectivity index (χ0n) is 17.2. The molecule has 1 heterocycles. The highest BCUT2D eigenvalue weighted by Gasteiger charge is 2.20. The smallest absolute Gasteiger partial charge is 0.233 e. The summed E-state index contributed by atoms with van der Waals surface area (Å²) in [7, 11) is 1.67. The van der Waals surface area contributed by atoms with Crippen molar-refractivity contribution in [2.75, 3.05) is 38.9 Å². The van der Waals surface area contributed by atoms with Gasteiger partial charge in [0.1, 0.15) is 25.1 Å². The van der Waals surface area contributed by atoms with Crippen molar-refractivity contribution in [1.29, 1.82) is 0 Å². The van der Waals surface area contributed by atoms with Gasteiger partial charge in [-0.2, -0.15) is 0 Å². The molecule has 1 aromatic heterocycles. The zero-order chi connectivity index (χ0) is 21.1. The number of β-amino-alcohol motifs (C(OH)–C–C–N with tert-alkyl or cyclic N) is 1. The van der Waals surface area contributed by atoms with Crippen LogP contribution >= 0.6 is 0 Å². The molecule has 0 bridgehead atoms. The first-order chi connectivity index (χ1) is 13.9. The molecule has 0 fully saturated rings. The van der Waals surface area contributed by atoms with Crippen LogP contribution in [0, 0.1) is 0 Å². The van der Waals surface area contributed by atoms with E-state index in [-0.39, 0.29) is 12.1 Å². The van der Waals surface area contributed by atoms with Crippen molar-refractivity contribution in [3.05, 3.63) is 42.0 Å². The lowest BCUT2D eigenvalue weighted by Crippen LogP contribution is -2.48. The highest BCUT2D eigenvalue weighted by molar-refractivity contribution is 5.33. The van der Waals surface area contributed by atoms with Crippen LogP contribution in [0.2, 0.25) is 0 Å². The number of nitrogens with one attached hydrogen (secondary N) is 2. The molecule has 1 unspecified atom stereocenters. The normalized spacial score (nSPS) is 12.4. The van der Waals surface area contributed by atoms with Crippen molar-refractivity contribution in [3.63, 3.8) is 0 Å². The number of rotatable bonds is 13. The summed E-state index contributed by atoms with van der Waals surface area (Å²) in [6, 6.07) is 11.1.